The SMILES string of the molecule is CCOCC=C=CCCl. The van der Waals surface area contributed by atoms with Crippen molar-refractivity contribution in [3.8, 4) is 0 Å². The van der Waals surface area contributed by atoms with Crippen LogP contribution in [0.15, 0.2) is 17.9 Å². The van der Waals surface area contributed by atoms with Crippen LogP contribution in [-0.4, -0.2) is 19.1 Å². The lowest BCUT2D eigenvalue weighted by Gasteiger charge is -1.88. The lowest BCUT2D eigenvalue weighted by Crippen LogP contribution is -1.86. The van der Waals surface area contributed by atoms with Gasteiger partial charge in [0, 0.05) is 12.5 Å². The Kier molecular flexibility index (Phi) is 7.57. The van der Waals surface area contributed by atoms with Gasteiger partial charge in [0.1, 0.15) is 0 Å². The molecule has 0 heterocycles. The molecule has 0 N–H and O–H groups in total. The van der Waals surface area contributed by atoms with Crippen LogP contribution in [-0.2, 0) is 4.74 Å². The number of rotatable bonds is 4. The highest BCUT2D eigenvalue weighted by Gasteiger charge is 1.71. The van der Waals surface area contributed by atoms with Crippen molar-refractivity contribution in [2.45, 2.75) is 6.92 Å². The van der Waals surface area contributed by atoms with Crippen LogP contribution in [0.5, 0.6) is 0 Å². The minimum absolute atomic E-state index is 0.516. The van der Waals surface area contributed by atoms with Crippen molar-refractivity contribution in [2.75, 3.05) is 19.1 Å². The third-order valence-corrected chi connectivity index (χ3v) is 0.872. The summed E-state index contributed by atoms with van der Waals surface area (Å²) in [5.41, 5.74) is 2.86. The molecule has 0 bridgehead atoms. The van der Waals surface area contributed by atoms with Gasteiger partial charge in [0.15, 0.2) is 0 Å². The van der Waals surface area contributed by atoms with Crippen molar-refractivity contribution in [1.82, 2.24) is 0 Å². The normalized spacial score (nSPS) is 8.22. The standard InChI is InChI=1S/C7H11ClO/c1-2-9-7-5-3-4-6-8/h4-5H,2,6-7H2,1H3. The fourth-order valence-corrected chi connectivity index (χ4v) is 0.442. The van der Waals surface area contributed by atoms with Crippen molar-refractivity contribution < 1.29 is 4.74 Å². The molecule has 0 saturated carbocycles. The van der Waals surface area contributed by atoms with Crippen molar-refractivity contribution in [3.05, 3.63) is 17.9 Å². The van der Waals surface area contributed by atoms with E-state index in [1.54, 1.807) is 6.08 Å². The Morgan fingerprint density at radius 3 is 2.89 bits per heavy atom. The molecule has 0 aliphatic carbocycles. The van der Waals surface area contributed by atoms with Gasteiger partial charge in [-0.05, 0) is 19.1 Å². The van der Waals surface area contributed by atoms with E-state index in [-0.39, 0.29) is 0 Å². The summed E-state index contributed by atoms with van der Waals surface area (Å²) in [5, 5.41) is 0. The Bertz CT molecular complexity index is 103. The average Bonchev–Trinajstić information content (AvgIpc) is 1.89. The van der Waals surface area contributed by atoms with E-state index in [2.05, 4.69) is 5.73 Å². The Balaban J connectivity index is 3.13. The molecule has 1 nitrogen and oxygen atoms in total. The highest BCUT2D eigenvalue weighted by atomic mass is 35.5. The van der Waals surface area contributed by atoms with Gasteiger partial charge in [0.05, 0.1) is 6.61 Å². The van der Waals surface area contributed by atoms with E-state index >= 15 is 0 Å². The third kappa shape index (κ3) is 7.77. The minimum atomic E-state index is 0.516. The van der Waals surface area contributed by atoms with Gasteiger partial charge in [0.2, 0.25) is 0 Å². The van der Waals surface area contributed by atoms with E-state index in [0.29, 0.717) is 12.5 Å². The highest BCUT2D eigenvalue weighted by Crippen LogP contribution is 1.76. The Hall–Kier alpha value is -0.230. The minimum Gasteiger partial charge on any atom is -0.377 e. The first kappa shape index (κ1) is 8.77. The molecule has 0 unspecified atom stereocenters. The molecular weight excluding hydrogens is 136 g/mol. The van der Waals surface area contributed by atoms with Gasteiger partial charge in [-0.2, -0.15) is 0 Å². The summed E-state index contributed by atoms with van der Waals surface area (Å²) in [6.45, 7) is 3.34. The summed E-state index contributed by atoms with van der Waals surface area (Å²) >= 11 is 5.34. The third-order valence-electron chi connectivity index (χ3n) is 0.718. The maximum atomic E-state index is 5.34. The first-order chi connectivity index (χ1) is 4.41. The zero-order valence-corrected chi connectivity index (χ0v) is 6.32. The second-order valence-corrected chi connectivity index (χ2v) is 1.70. The van der Waals surface area contributed by atoms with Crippen LogP contribution in [0.1, 0.15) is 6.92 Å². The summed E-state index contributed by atoms with van der Waals surface area (Å²) in [6, 6.07) is 0. The van der Waals surface area contributed by atoms with Gasteiger partial charge < -0.3 is 4.74 Å². The number of halogens is 1. The fourth-order valence-electron chi connectivity index (χ4n) is 0.353. The van der Waals surface area contributed by atoms with Gasteiger partial charge in [0.25, 0.3) is 0 Å². The summed E-state index contributed by atoms with van der Waals surface area (Å²) in [7, 11) is 0. The van der Waals surface area contributed by atoms with Crippen LogP contribution in [0, 0.1) is 0 Å². The van der Waals surface area contributed by atoms with Gasteiger partial charge in [-0.3, -0.25) is 0 Å². The Morgan fingerprint density at radius 2 is 2.33 bits per heavy atom. The first-order valence-corrected chi connectivity index (χ1v) is 3.48. The van der Waals surface area contributed by atoms with Crippen molar-refractivity contribution >= 4 is 11.6 Å². The van der Waals surface area contributed by atoms with Gasteiger partial charge in [-0.15, -0.1) is 17.3 Å². The molecule has 0 aliphatic rings. The molecule has 0 saturated heterocycles. The highest BCUT2D eigenvalue weighted by molar-refractivity contribution is 6.18. The van der Waals surface area contributed by atoms with E-state index in [0.717, 1.165) is 6.61 Å². The second-order valence-electron chi connectivity index (χ2n) is 1.39. The smallest absolute Gasteiger partial charge is 0.0721 e. The summed E-state index contributed by atoms with van der Waals surface area (Å²) in [6.07, 6.45) is 3.56. The topological polar surface area (TPSA) is 9.23 Å². The van der Waals surface area contributed by atoms with Crippen LogP contribution in [0.2, 0.25) is 0 Å². The van der Waals surface area contributed by atoms with Gasteiger partial charge >= 0.3 is 0 Å². The average molecular weight is 147 g/mol. The fraction of sp³-hybridized carbons (Fsp3) is 0.571. The number of hydrogen-bond donors (Lipinski definition) is 0. The number of hydrogen-bond acceptors (Lipinski definition) is 1. The monoisotopic (exact) mass is 146 g/mol. The summed E-state index contributed by atoms with van der Waals surface area (Å²) in [4.78, 5) is 0. The molecule has 0 amide bonds. The molecule has 52 valence electrons. The van der Waals surface area contributed by atoms with E-state index in [1.165, 1.54) is 0 Å². The summed E-state index contributed by atoms with van der Waals surface area (Å²) in [5.74, 6) is 0.516. The van der Waals surface area contributed by atoms with Crippen molar-refractivity contribution in [1.29, 1.82) is 0 Å². The Labute approximate surface area is 61.0 Å². The van der Waals surface area contributed by atoms with E-state index < -0.39 is 0 Å². The molecule has 0 rings (SSSR count). The first-order valence-electron chi connectivity index (χ1n) is 2.95. The number of ether oxygens (including phenoxy) is 1. The molecule has 2 heteroatoms. The largest absolute Gasteiger partial charge is 0.377 e. The predicted octanol–water partition coefficient (Wildman–Crippen LogP) is 1.97. The predicted molar refractivity (Wildman–Crippen MR) is 39.9 cm³/mol. The van der Waals surface area contributed by atoms with Crippen molar-refractivity contribution in [3.63, 3.8) is 0 Å². The van der Waals surface area contributed by atoms with E-state index in [9.17, 15) is 0 Å². The second kappa shape index (κ2) is 7.77. The van der Waals surface area contributed by atoms with Crippen LogP contribution in [0.4, 0.5) is 0 Å². The van der Waals surface area contributed by atoms with E-state index in [1.807, 2.05) is 13.0 Å². The van der Waals surface area contributed by atoms with Crippen molar-refractivity contribution in [2.24, 2.45) is 0 Å². The Morgan fingerprint density at radius 1 is 1.56 bits per heavy atom. The van der Waals surface area contributed by atoms with Crippen LogP contribution < -0.4 is 0 Å². The molecule has 0 atom stereocenters. The molecule has 0 aromatic carbocycles. The number of alkyl halides is 1. The molecule has 0 radical (unpaired) electrons. The van der Waals surface area contributed by atoms with Crippen LogP contribution in [0.25, 0.3) is 0 Å². The van der Waals surface area contributed by atoms with Gasteiger partial charge in [-0.1, -0.05) is 0 Å². The zero-order valence-electron chi connectivity index (χ0n) is 5.56. The summed E-state index contributed by atoms with van der Waals surface area (Å²) < 4.78 is 5.00. The van der Waals surface area contributed by atoms with Crippen LogP contribution in [0.3, 0.4) is 0 Å². The lowest BCUT2D eigenvalue weighted by atomic mass is 10.6. The molecule has 0 fully saturated rings. The molecule has 0 aliphatic heterocycles. The maximum absolute atomic E-state index is 5.34. The van der Waals surface area contributed by atoms with E-state index in [4.69, 9.17) is 16.3 Å². The molecule has 0 aromatic rings. The van der Waals surface area contributed by atoms with Crippen LogP contribution >= 0.6 is 11.6 Å². The maximum Gasteiger partial charge on any atom is 0.0721 e. The van der Waals surface area contributed by atoms with Gasteiger partial charge in [-0.25, -0.2) is 0 Å². The zero-order chi connectivity index (χ0) is 6.95. The molecule has 9 heavy (non-hydrogen) atoms. The molecular formula is C7H11ClO. The molecule has 0 aromatic heterocycles. The molecule has 0 spiro atoms. The lowest BCUT2D eigenvalue weighted by molar-refractivity contribution is 0.177. The quantitative estimate of drug-likeness (QED) is 0.335.